The molecule has 134 valence electrons. The maximum atomic E-state index is 12.7. The fourth-order valence-corrected chi connectivity index (χ4v) is 3.06. The van der Waals surface area contributed by atoms with E-state index in [4.69, 9.17) is 4.74 Å². The van der Waals surface area contributed by atoms with Crippen molar-refractivity contribution < 1.29 is 17.9 Å². The molecule has 7 heteroatoms. The van der Waals surface area contributed by atoms with E-state index in [1.165, 1.54) is 17.8 Å². The fourth-order valence-electron chi connectivity index (χ4n) is 2.31. The topological polar surface area (TPSA) is 35.0 Å². The van der Waals surface area contributed by atoms with E-state index in [9.17, 15) is 13.2 Å². The van der Waals surface area contributed by atoms with Crippen molar-refractivity contribution in [2.45, 2.75) is 17.0 Å². The third-order valence-corrected chi connectivity index (χ3v) is 4.66. The molecule has 3 nitrogen and oxygen atoms in total. The van der Waals surface area contributed by atoms with Gasteiger partial charge in [0.05, 0.1) is 18.4 Å². The first-order valence-corrected chi connectivity index (χ1v) is 8.71. The molecule has 26 heavy (non-hydrogen) atoms. The third-order valence-electron chi connectivity index (χ3n) is 3.67. The number of hydrogen-bond donors (Lipinski definition) is 0. The van der Waals surface area contributed by atoms with Crippen LogP contribution >= 0.6 is 11.8 Å². The van der Waals surface area contributed by atoms with Crippen LogP contribution in [-0.2, 0) is 11.9 Å². The number of methoxy groups -OCH3 is 1. The number of nitrogens with zero attached hydrogens (tertiary/aromatic N) is 2. The second-order valence-electron chi connectivity index (χ2n) is 5.47. The number of aromatic nitrogens is 2. The SMILES string of the molecule is COc1ccc(-c2ccc(SCc3cccc(C(F)(F)F)c3)nn2)cc1. The highest BCUT2D eigenvalue weighted by Crippen LogP contribution is 2.31. The van der Waals surface area contributed by atoms with Crippen molar-refractivity contribution in [1.29, 1.82) is 0 Å². The van der Waals surface area contributed by atoms with Crippen molar-refractivity contribution in [3.63, 3.8) is 0 Å². The van der Waals surface area contributed by atoms with Gasteiger partial charge >= 0.3 is 6.18 Å². The Balaban J connectivity index is 1.66. The van der Waals surface area contributed by atoms with Gasteiger partial charge in [0.2, 0.25) is 0 Å². The number of rotatable bonds is 5. The minimum atomic E-state index is -4.33. The largest absolute Gasteiger partial charge is 0.497 e. The Hall–Kier alpha value is -2.54. The first-order valence-electron chi connectivity index (χ1n) is 7.73. The molecule has 0 atom stereocenters. The smallest absolute Gasteiger partial charge is 0.416 e. The van der Waals surface area contributed by atoms with Crippen molar-refractivity contribution in [3.05, 3.63) is 71.8 Å². The van der Waals surface area contributed by atoms with Crippen LogP contribution in [-0.4, -0.2) is 17.3 Å². The van der Waals surface area contributed by atoms with Crippen LogP contribution in [0.3, 0.4) is 0 Å². The Morgan fingerprint density at radius 3 is 2.35 bits per heavy atom. The molecule has 0 N–H and O–H groups in total. The average molecular weight is 376 g/mol. The highest BCUT2D eigenvalue weighted by Gasteiger charge is 2.30. The van der Waals surface area contributed by atoms with Gasteiger partial charge in [0, 0.05) is 11.3 Å². The molecule has 0 radical (unpaired) electrons. The van der Waals surface area contributed by atoms with Crippen molar-refractivity contribution in [2.24, 2.45) is 0 Å². The van der Waals surface area contributed by atoms with Crippen LogP contribution in [0.15, 0.2) is 65.7 Å². The zero-order chi connectivity index (χ0) is 18.6. The molecule has 0 aliphatic heterocycles. The molecule has 0 aliphatic rings. The van der Waals surface area contributed by atoms with Gasteiger partial charge in [-0.25, -0.2) is 0 Å². The summed E-state index contributed by atoms with van der Waals surface area (Å²) in [6.45, 7) is 0. The second-order valence-corrected chi connectivity index (χ2v) is 6.47. The van der Waals surface area contributed by atoms with Gasteiger partial charge in [-0.15, -0.1) is 10.2 Å². The Morgan fingerprint density at radius 2 is 1.73 bits per heavy atom. The number of alkyl halides is 3. The molecule has 3 rings (SSSR count). The van der Waals surface area contributed by atoms with Crippen LogP contribution < -0.4 is 4.74 Å². The molecule has 0 amide bonds. The van der Waals surface area contributed by atoms with Crippen molar-refractivity contribution >= 4 is 11.8 Å². The van der Waals surface area contributed by atoms with E-state index in [0.29, 0.717) is 16.3 Å². The number of hydrogen-bond acceptors (Lipinski definition) is 4. The fraction of sp³-hybridized carbons (Fsp3) is 0.158. The van der Waals surface area contributed by atoms with Crippen LogP contribution in [0, 0.1) is 0 Å². The van der Waals surface area contributed by atoms with E-state index in [-0.39, 0.29) is 0 Å². The van der Waals surface area contributed by atoms with Gasteiger partial charge in [-0.2, -0.15) is 13.2 Å². The summed E-state index contributed by atoms with van der Waals surface area (Å²) in [4.78, 5) is 0. The van der Waals surface area contributed by atoms with Crippen LogP contribution in [0.4, 0.5) is 13.2 Å². The van der Waals surface area contributed by atoms with Crippen molar-refractivity contribution in [3.8, 4) is 17.0 Å². The van der Waals surface area contributed by atoms with E-state index < -0.39 is 11.7 Å². The van der Waals surface area contributed by atoms with Crippen molar-refractivity contribution in [1.82, 2.24) is 10.2 Å². The molecular weight excluding hydrogens is 361 g/mol. The minimum Gasteiger partial charge on any atom is -0.497 e. The van der Waals surface area contributed by atoms with Gasteiger partial charge in [-0.1, -0.05) is 30.0 Å². The second kappa shape index (κ2) is 7.78. The molecule has 0 saturated carbocycles. The highest BCUT2D eigenvalue weighted by atomic mass is 32.2. The predicted octanol–water partition coefficient (Wildman–Crippen LogP) is 5.46. The van der Waals surface area contributed by atoms with E-state index in [1.807, 2.05) is 36.4 Å². The van der Waals surface area contributed by atoms with Crippen LogP contribution in [0.25, 0.3) is 11.3 Å². The van der Waals surface area contributed by atoms with Gasteiger partial charge < -0.3 is 4.74 Å². The Kier molecular flexibility index (Phi) is 5.46. The molecule has 2 aromatic carbocycles. The molecular formula is C19H15F3N2OS. The number of ether oxygens (including phenoxy) is 1. The van der Waals surface area contributed by atoms with E-state index >= 15 is 0 Å². The van der Waals surface area contributed by atoms with Crippen molar-refractivity contribution in [2.75, 3.05) is 7.11 Å². The minimum absolute atomic E-state index is 0.389. The van der Waals surface area contributed by atoms with E-state index in [1.54, 1.807) is 13.2 Å². The quantitative estimate of drug-likeness (QED) is 0.554. The lowest BCUT2D eigenvalue weighted by atomic mass is 10.1. The summed E-state index contributed by atoms with van der Waals surface area (Å²) in [5, 5.41) is 8.98. The normalized spacial score (nSPS) is 11.4. The lowest BCUT2D eigenvalue weighted by molar-refractivity contribution is -0.137. The summed E-state index contributed by atoms with van der Waals surface area (Å²) >= 11 is 1.34. The van der Waals surface area contributed by atoms with E-state index in [0.717, 1.165) is 29.1 Å². The summed E-state index contributed by atoms with van der Waals surface area (Å²) in [7, 11) is 1.60. The zero-order valence-corrected chi connectivity index (χ0v) is 14.6. The number of thioether (sulfide) groups is 1. The summed E-state index contributed by atoms with van der Waals surface area (Å²) in [5.74, 6) is 1.15. The Morgan fingerprint density at radius 1 is 0.962 bits per heavy atom. The third kappa shape index (κ3) is 4.54. The molecule has 1 aromatic heterocycles. The first-order chi connectivity index (χ1) is 12.5. The maximum absolute atomic E-state index is 12.7. The lowest BCUT2D eigenvalue weighted by Gasteiger charge is -2.08. The maximum Gasteiger partial charge on any atom is 0.416 e. The molecule has 0 bridgehead atoms. The van der Waals surface area contributed by atoms with Crippen LogP contribution in [0.5, 0.6) is 5.75 Å². The molecule has 3 aromatic rings. The molecule has 0 spiro atoms. The highest BCUT2D eigenvalue weighted by molar-refractivity contribution is 7.98. The predicted molar refractivity (Wildman–Crippen MR) is 95.0 cm³/mol. The van der Waals surface area contributed by atoms with Gasteiger partial charge in [-0.3, -0.25) is 0 Å². The average Bonchev–Trinajstić information content (AvgIpc) is 2.66. The lowest BCUT2D eigenvalue weighted by Crippen LogP contribution is -2.04. The summed E-state index contributed by atoms with van der Waals surface area (Å²) in [6.07, 6.45) is -4.33. The van der Waals surface area contributed by atoms with Gasteiger partial charge in [0.1, 0.15) is 10.8 Å². The van der Waals surface area contributed by atoms with Gasteiger partial charge in [0.15, 0.2) is 0 Å². The van der Waals surface area contributed by atoms with Gasteiger partial charge in [0.25, 0.3) is 0 Å². The summed E-state index contributed by atoms with van der Waals surface area (Å²) < 4.78 is 43.4. The monoisotopic (exact) mass is 376 g/mol. The van der Waals surface area contributed by atoms with E-state index in [2.05, 4.69) is 10.2 Å². The first kappa shape index (κ1) is 18.3. The van der Waals surface area contributed by atoms with Crippen LogP contribution in [0.2, 0.25) is 0 Å². The molecule has 0 unspecified atom stereocenters. The molecule has 1 heterocycles. The Labute approximate surface area is 153 Å². The molecule has 0 fully saturated rings. The summed E-state index contributed by atoms with van der Waals surface area (Å²) in [6, 6.07) is 16.4. The zero-order valence-electron chi connectivity index (χ0n) is 13.8. The standard InChI is InChI=1S/C19H15F3N2OS/c1-25-16-7-5-14(6-8-16)17-9-10-18(24-23-17)26-12-13-3-2-4-15(11-13)19(20,21)22/h2-11H,12H2,1H3. The Bertz CT molecular complexity index is 865. The van der Waals surface area contributed by atoms with Crippen LogP contribution in [0.1, 0.15) is 11.1 Å². The molecule has 0 aliphatic carbocycles. The number of halogens is 3. The summed E-state index contributed by atoms with van der Waals surface area (Å²) in [5.41, 5.74) is 1.58. The number of benzene rings is 2. The van der Waals surface area contributed by atoms with Gasteiger partial charge in [-0.05, 0) is 48.0 Å². The molecule has 0 saturated heterocycles.